The Bertz CT molecular complexity index is 651. The van der Waals surface area contributed by atoms with E-state index in [4.69, 9.17) is 0 Å². The number of piperidine rings is 1. The Morgan fingerprint density at radius 3 is 2.50 bits per heavy atom. The lowest BCUT2D eigenvalue weighted by molar-refractivity contribution is 0.0951. The van der Waals surface area contributed by atoms with Crippen molar-refractivity contribution in [1.29, 1.82) is 0 Å². The average Bonchev–Trinajstić information content (AvgIpc) is 2.62. The molecule has 0 saturated carbocycles. The fraction of sp³-hybridized carbons (Fsp3) is 0.381. The highest BCUT2D eigenvalue weighted by atomic mass is 16.1. The van der Waals surface area contributed by atoms with E-state index in [1.165, 1.54) is 31.5 Å². The van der Waals surface area contributed by atoms with E-state index in [2.05, 4.69) is 41.4 Å². The van der Waals surface area contributed by atoms with Crippen molar-refractivity contribution in [3.8, 4) is 0 Å². The molecule has 0 aliphatic carbocycles. The van der Waals surface area contributed by atoms with Crippen molar-refractivity contribution in [2.45, 2.75) is 32.9 Å². The number of benzene rings is 2. The molecule has 0 aromatic heterocycles. The molecule has 3 rings (SSSR count). The van der Waals surface area contributed by atoms with Crippen molar-refractivity contribution in [1.82, 2.24) is 10.2 Å². The predicted molar refractivity (Wildman–Crippen MR) is 97.7 cm³/mol. The molecule has 3 heteroatoms. The maximum Gasteiger partial charge on any atom is 0.251 e. The van der Waals surface area contributed by atoms with Crippen LogP contribution >= 0.6 is 0 Å². The van der Waals surface area contributed by atoms with Gasteiger partial charge in [-0.2, -0.15) is 0 Å². The van der Waals surface area contributed by atoms with Gasteiger partial charge in [-0.05, 0) is 48.6 Å². The third-order valence-corrected chi connectivity index (χ3v) is 4.66. The monoisotopic (exact) mass is 322 g/mol. The van der Waals surface area contributed by atoms with Gasteiger partial charge < -0.3 is 5.32 Å². The normalized spacial score (nSPS) is 18.3. The van der Waals surface area contributed by atoms with E-state index in [1.807, 2.05) is 30.3 Å². The van der Waals surface area contributed by atoms with Gasteiger partial charge in [-0.15, -0.1) is 0 Å². The van der Waals surface area contributed by atoms with E-state index in [1.54, 1.807) is 0 Å². The topological polar surface area (TPSA) is 32.3 Å². The van der Waals surface area contributed by atoms with Gasteiger partial charge in [0.1, 0.15) is 0 Å². The third kappa shape index (κ3) is 4.68. The third-order valence-electron chi connectivity index (χ3n) is 4.66. The van der Waals surface area contributed by atoms with Crippen LogP contribution in [0.25, 0.3) is 0 Å². The first-order valence-electron chi connectivity index (χ1n) is 8.84. The summed E-state index contributed by atoms with van der Waals surface area (Å²) in [7, 11) is 0. The van der Waals surface area contributed by atoms with Crippen LogP contribution < -0.4 is 5.32 Å². The molecule has 1 heterocycles. The molecule has 0 spiro atoms. The summed E-state index contributed by atoms with van der Waals surface area (Å²) in [5.74, 6) is 0.785. The van der Waals surface area contributed by atoms with E-state index >= 15 is 0 Å². The van der Waals surface area contributed by atoms with E-state index in [9.17, 15) is 4.79 Å². The molecule has 0 radical (unpaired) electrons. The number of nitrogens with zero attached hydrogens (tertiary/aromatic N) is 1. The maximum atomic E-state index is 12.1. The van der Waals surface area contributed by atoms with E-state index in [0.717, 1.165) is 18.0 Å². The highest BCUT2D eigenvalue weighted by Crippen LogP contribution is 2.18. The SMILES string of the molecule is CC1CCCN(Cc2ccc(CNC(=O)c3ccccc3)cc2)C1. The lowest BCUT2D eigenvalue weighted by atomic mass is 9.99. The van der Waals surface area contributed by atoms with Crippen LogP contribution in [-0.2, 0) is 13.1 Å². The van der Waals surface area contributed by atoms with Gasteiger partial charge in [0.15, 0.2) is 0 Å². The Morgan fingerprint density at radius 1 is 1.08 bits per heavy atom. The molecule has 1 N–H and O–H groups in total. The molecule has 1 unspecified atom stereocenters. The number of carbonyl (C=O) groups is 1. The van der Waals surface area contributed by atoms with Gasteiger partial charge >= 0.3 is 0 Å². The summed E-state index contributed by atoms with van der Waals surface area (Å²) in [5.41, 5.74) is 3.19. The molecular weight excluding hydrogens is 296 g/mol. The lowest BCUT2D eigenvalue weighted by Crippen LogP contribution is -2.33. The number of rotatable bonds is 5. The zero-order valence-electron chi connectivity index (χ0n) is 14.4. The van der Waals surface area contributed by atoms with Crippen molar-refractivity contribution >= 4 is 5.91 Å². The molecular formula is C21H26N2O. The minimum absolute atomic E-state index is 0.0259. The number of hydrogen-bond acceptors (Lipinski definition) is 2. The minimum Gasteiger partial charge on any atom is -0.348 e. The van der Waals surface area contributed by atoms with E-state index < -0.39 is 0 Å². The van der Waals surface area contributed by atoms with Crippen molar-refractivity contribution in [3.63, 3.8) is 0 Å². The second kappa shape index (κ2) is 8.11. The predicted octanol–water partition coefficient (Wildman–Crippen LogP) is 3.85. The zero-order chi connectivity index (χ0) is 16.8. The zero-order valence-corrected chi connectivity index (χ0v) is 14.4. The maximum absolute atomic E-state index is 12.1. The molecule has 2 aromatic carbocycles. The average molecular weight is 322 g/mol. The van der Waals surface area contributed by atoms with Crippen LogP contribution in [0.15, 0.2) is 54.6 Å². The van der Waals surface area contributed by atoms with Gasteiger partial charge in [-0.3, -0.25) is 9.69 Å². The first-order valence-corrected chi connectivity index (χ1v) is 8.84. The van der Waals surface area contributed by atoms with Crippen LogP contribution in [0.3, 0.4) is 0 Å². The van der Waals surface area contributed by atoms with E-state index in [0.29, 0.717) is 12.1 Å². The molecule has 0 bridgehead atoms. The smallest absolute Gasteiger partial charge is 0.251 e. The Morgan fingerprint density at radius 2 is 1.79 bits per heavy atom. The van der Waals surface area contributed by atoms with Crippen LogP contribution in [0.5, 0.6) is 0 Å². The lowest BCUT2D eigenvalue weighted by Gasteiger charge is -2.30. The van der Waals surface area contributed by atoms with Crippen LogP contribution in [0.2, 0.25) is 0 Å². The van der Waals surface area contributed by atoms with Gasteiger partial charge in [-0.25, -0.2) is 0 Å². The number of amides is 1. The van der Waals surface area contributed by atoms with Crippen LogP contribution in [-0.4, -0.2) is 23.9 Å². The highest BCUT2D eigenvalue weighted by molar-refractivity contribution is 5.94. The Labute approximate surface area is 144 Å². The Balaban J connectivity index is 1.50. The van der Waals surface area contributed by atoms with Crippen molar-refractivity contribution < 1.29 is 4.79 Å². The molecule has 1 atom stereocenters. The summed E-state index contributed by atoms with van der Waals surface area (Å²) < 4.78 is 0. The minimum atomic E-state index is -0.0259. The van der Waals surface area contributed by atoms with Crippen molar-refractivity contribution in [3.05, 3.63) is 71.3 Å². The summed E-state index contributed by atoms with van der Waals surface area (Å²) in [4.78, 5) is 14.6. The molecule has 1 fully saturated rings. The largest absolute Gasteiger partial charge is 0.348 e. The van der Waals surface area contributed by atoms with Gasteiger partial charge in [-0.1, -0.05) is 49.4 Å². The number of nitrogens with one attached hydrogen (secondary N) is 1. The van der Waals surface area contributed by atoms with Crippen LogP contribution in [0.1, 0.15) is 41.3 Å². The molecule has 1 saturated heterocycles. The van der Waals surface area contributed by atoms with Gasteiger partial charge in [0, 0.05) is 25.2 Å². The summed E-state index contributed by atoms with van der Waals surface area (Å²) in [6.45, 7) is 6.34. The molecule has 24 heavy (non-hydrogen) atoms. The number of carbonyl (C=O) groups excluding carboxylic acids is 1. The van der Waals surface area contributed by atoms with Crippen LogP contribution in [0.4, 0.5) is 0 Å². The summed E-state index contributed by atoms with van der Waals surface area (Å²) in [6.07, 6.45) is 2.67. The highest BCUT2D eigenvalue weighted by Gasteiger charge is 2.16. The number of likely N-dealkylation sites (tertiary alicyclic amines) is 1. The second-order valence-electron chi connectivity index (χ2n) is 6.85. The first-order chi connectivity index (χ1) is 11.7. The Kier molecular flexibility index (Phi) is 5.65. The standard InChI is InChI=1S/C21H26N2O/c1-17-6-5-13-23(15-17)16-19-11-9-18(10-12-19)14-22-21(24)20-7-3-2-4-8-20/h2-4,7-12,17H,5-6,13-16H2,1H3,(H,22,24). The summed E-state index contributed by atoms with van der Waals surface area (Å²) in [6, 6.07) is 17.9. The molecule has 3 nitrogen and oxygen atoms in total. The summed E-state index contributed by atoms with van der Waals surface area (Å²) >= 11 is 0. The fourth-order valence-corrected chi connectivity index (χ4v) is 3.32. The molecule has 1 aliphatic rings. The van der Waals surface area contributed by atoms with Gasteiger partial charge in [0.25, 0.3) is 5.91 Å². The quantitative estimate of drug-likeness (QED) is 0.907. The van der Waals surface area contributed by atoms with Crippen LogP contribution in [0, 0.1) is 5.92 Å². The molecule has 1 amide bonds. The van der Waals surface area contributed by atoms with Gasteiger partial charge in [0.05, 0.1) is 0 Å². The first kappa shape index (κ1) is 16.7. The van der Waals surface area contributed by atoms with Crippen molar-refractivity contribution in [2.75, 3.05) is 13.1 Å². The van der Waals surface area contributed by atoms with Gasteiger partial charge in [0.2, 0.25) is 0 Å². The number of hydrogen-bond donors (Lipinski definition) is 1. The molecule has 1 aliphatic heterocycles. The summed E-state index contributed by atoms with van der Waals surface area (Å²) in [5, 5.41) is 2.97. The fourth-order valence-electron chi connectivity index (χ4n) is 3.32. The Hall–Kier alpha value is -2.13. The van der Waals surface area contributed by atoms with Crippen molar-refractivity contribution in [2.24, 2.45) is 5.92 Å². The molecule has 2 aromatic rings. The second-order valence-corrected chi connectivity index (χ2v) is 6.85. The van der Waals surface area contributed by atoms with E-state index in [-0.39, 0.29) is 5.91 Å². The molecule has 126 valence electrons.